The Balaban J connectivity index is 1.12. The molecular weight excluding hydrogens is 506 g/mol. The molecule has 0 bridgehead atoms. The predicted octanol–water partition coefficient (Wildman–Crippen LogP) is 10.8. The van der Waals surface area contributed by atoms with Gasteiger partial charge in [-0.2, -0.15) is 0 Å². The maximum Gasteiger partial charge on any atom is 0.0765 e. The summed E-state index contributed by atoms with van der Waals surface area (Å²) < 4.78 is 0. The Morgan fingerprint density at radius 1 is 0.475 bits per heavy atom. The topological polar surface area (TPSA) is 27.3 Å². The Morgan fingerprint density at radius 3 is 1.70 bits per heavy atom. The lowest BCUT2D eigenvalue weighted by atomic mass is 10.0. The van der Waals surface area contributed by atoms with Crippen LogP contribution in [0.15, 0.2) is 161 Å². The maximum absolute atomic E-state index is 3.62. The summed E-state index contributed by atoms with van der Waals surface area (Å²) in [4.78, 5) is 4.75. The average molecular weight is 534 g/mol. The molecule has 0 radical (unpaired) electrons. The van der Waals surface area contributed by atoms with Crippen LogP contribution in [-0.4, -0.2) is 0 Å². The first-order chi connectivity index (χ1) is 19.8. The molecule has 0 aromatic heterocycles. The summed E-state index contributed by atoms with van der Waals surface area (Å²) in [5.74, 6) is 0. The van der Waals surface area contributed by atoms with Crippen LogP contribution in [0.2, 0.25) is 0 Å². The first-order valence-corrected chi connectivity index (χ1v) is 14.2. The van der Waals surface area contributed by atoms with Crippen molar-refractivity contribution in [2.24, 2.45) is 0 Å². The molecule has 0 atom stereocenters. The molecule has 1 aliphatic rings. The quantitative estimate of drug-likeness (QED) is 0.222. The van der Waals surface area contributed by atoms with Gasteiger partial charge in [-0.1, -0.05) is 90.6 Å². The lowest BCUT2D eigenvalue weighted by molar-refractivity contribution is 1.28. The van der Waals surface area contributed by atoms with E-state index in [9.17, 15) is 0 Å². The van der Waals surface area contributed by atoms with E-state index in [-0.39, 0.29) is 0 Å². The van der Waals surface area contributed by atoms with Gasteiger partial charge in [0.1, 0.15) is 0 Å². The number of anilines is 7. The molecule has 0 fully saturated rings. The number of fused-ring (bicyclic) bond motifs is 2. The molecular formula is C36H27N3S. The van der Waals surface area contributed by atoms with Crippen LogP contribution in [0, 0.1) is 0 Å². The molecule has 0 spiro atoms. The monoisotopic (exact) mass is 533 g/mol. The molecule has 4 heteroatoms. The van der Waals surface area contributed by atoms with Gasteiger partial charge < -0.3 is 15.5 Å². The minimum atomic E-state index is 1.05. The van der Waals surface area contributed by atoms with E-state index in [2.05, 4.69) is 167 Å². The summed E-state index contributed by atoms with van der Waals surface area (Å²) in [7, 11) is 0. The van der Waals surface area contributed by atoms with Crippen molar-refractivity contribution in [2.75, 3.05) is 15.5 Å². The number of nitrogens with zero attached hydrogens (tertiary/aromatic N) is 1. The minimum absolute atomic E-state index is 1.05. The van der Waals surface area contributed by atoms with E-state index in [1.54, 1.807) is 11.8 Å². The van der Waals surface area contributed by atoms with Gasteiger partial charge in [-0.3, -0.25) is 0 Å². The lowest BCUT2D eigenvalue weighted by Gasteiger charge is -2.25. The van der Waals surface area contributed by atoms with Crippen LogP contribution in [-0.2, 0) is 0 Å². The van der Waals surface area contributed by atoms with Crippen LogP contribution >= 0.6 is 11.8 Å². The van der Waals surface area contributed by atoms with Gasteiger partial charge in [0.05, 0.1) is 17.1 Å². The third-order valence-electron chi connectivity index (χ3n) is 7.04. The molecule has 2 N–H and O–H groups in total. The molecule has 6 aromatic carbocycles. The van der Waals surface area contributed by atoms with E-state index in [0.29, 0.717) is 0 Å². The summed E-state index contributed by atoms with van der Waals surface area (Å²) in [6, 6.07) is 53.2. The Kier molecular flexibility index (Phi) is 6.44. The first kappa shape index (κ1) is 24.1. The SMILES string of the molecule is c1ccc(N(c2ccccc2)c2ccc(-c3ccc(Nc4cccc5c4Nc4ccccc4S5)cc3)cc2)cc1. The van der Waals surface area contributed by atoms with Crippen molar-refractivity contribution in [2.45, 2.75) is 9.79 Å². The van der Waals surface area contributed by atoms with Crippen molar-refractivity contribution in [3.8, 4) is 11.1 Å². The van der Waals surface area contributed by atoms with Gasteiger partial charge in [0.25, 0.3) is 0 Å². The van der Waals surface area contributed by atoms with E-state index in [1.165, 1.54) is 20.9 Å². The Morgan fingerprint density at radius 2 is 1.02 bits per heavy atom. The molecule has 0 saturated heterocycles. The van der Waals surface area contributed by atoms with Gasteiger partial charge >= 0.3 is 0 Å². The van der Waals surface area contributed by atoms with Crippen LogP contribution in [0.4, 0.5) is 39.8 Å². The molecule has 1 aliphatic heterocycles. The minimum Gasteiger partial charge on any atom is -0.354 e. The van der Waals surface area contributed by atoms with Crippen molar-refractivity contribution >= 4 is 51.6 Å². The highest BCUT2D eigenvalue weighted by molar-refractivity contribution is 7.99. The van der Waals surface area contributed by atoms with Crippen LogP contribution in [0.25, 0.3) is 11.1 Å². The Labute approximate surface area is 239 Å². The number of hydrogen-bond acceptors (Lipinski definition) is 4. The van der Waals surface area contributed by atoms with Crippen molar-refractivity contribution in [1.29, 1.82) is 0 Å². The maximum atomic E-state index is 3.62. The molecule has 3 nitrogen and oxygen atoms in total. The first-order valence-electron chi connectivity index (χ1n) is 13.4. The highest BCUT2D eigenvalue weighted by Gasteiger charge is 2.18. The lowest BCUT2D eigenvalue weighted by Crippen LogP contribution is -2.09. The molecule has 0 unspecified atom stereocenters. The van der Waals surface area contributed by atoms with E-state index in [1.807, 2.05) is 0 Å². The fourth-order valence-electron chi connectivity index (χ4n) is 5.07. The number of benzene rings is 6. The largest absolute Gasteiger partial charge is 0.354 e. The smallest absolute Gasteiger partial charge is 0.0765 e. The number of rotatable bonds is 6. The summed E-state index contributed by atoms with van der Waals surface area (Å²) in [6.45, 7) is 0. The molecule has 0 amide bonds. The summed E-state index contributed by atoms with van der Waals surface area (Å²) >= 11 is 1.80. The van der Waals surface area contributed by atoms with Crippen molar-refractivity contribution in [1.82, 2.24) is 0 Å². The van der Waals surface area contributed by atoms with Gasteiger partial charge in [-0.05, 0) is 83.9 Å². The fraction of sp³-hybridized carbons (Fsp3) is 0. The molecule has 0 aliphatic carbocycles. The predicted molar refractivity (Wildman–Crippen MR) is 170 cm³/mol. The van der Waals surface area contributed by atoms with Gasteiger partial charge in [-0.15, -0.1) is 0 Å². The Hall–Kier alpha value is -4.93. The zero-order chi connectivity index (χ0) is 26.7. The van der Waals surface area contributed by atoms with Gasteiger partial charge in [0, 0.05) is 32.5 Å². The number of hydrogen-bond donors (Lipinski definition) is 2. The molecule has 1 heterocycles. The molecule has 7 rings (SSSR count). The van der Waals surface area contributed by atoms with Gasteiger partial charge in [0.2, 0.25) is 0 Å². The van der Waals surface area contributed by atoms with E-state index >= 15 is 0 Å². The van der Waals surface area contributed by atoms with E-state index in [4.69, 9.17) is 0 Å². The molecule has 0 saturated carbocycles. The average Bonchev–Trinajstić information content (AvgIpc) is 3.02. The standard InChI is InChI=1S/C36H27N3S/c1-3-10-29(11-4-1)39(30-12-5-2-6-13-30)31-24-20-27(21-25-31)26-18-22-28(23-19-26)37-33-15-9-17-35-36(33)38-32-14-7-8-16-34(32)40-35/h1-25,37-38H. The van der Waals surface area contributed by atoms with Gasteiger partial charge in [-0.25, -0.2) is 0 Å². The second-order valence-corrected chi connectivity index (χ2v) is 10.7. The number of nitrogens with one attached hydrogen (secondary N) is 2. The fourth-order valence-corrected chi connectivity index (χ4v) is 6.09. The molecule has 40 heavy (non-hydrogen) atoms. The van der Waals surface area contributed by atoms with Gasteiger partial charge in [0.15, 0.2) is 0 Å². The zero-order valence-corrected chi connectivity index (χ0v) is 22.6. The highest BCUT2D eigenvalue weighted by Crippen LogP contribution is 2.47. The third-order valence-corrected chi connectivity index (χ3v) is 8.18. The summed E-state index contributed by atoms with van der Waals surface area (Å²) in [5.41, 5.74) is 10.1. The van der Waals surface area contributed by atoms with Crippen LogP contribution in [0.3, 0.4) is 0 Å². The number of para-hydroxylation sites is 4. The van der Waals surface area contributed by atoms with E-state index in [0.717, 1.165) is 39.8 Å². The normalized spacial score (nSPS) is 11.6. The van der Waals surface area contributed by atoms with E-state index < -0.39 is 0 Å². The highest BCUT2D eigenvalue weighted by atomic mass is 32.2. The van der Waals surface area contributed by atoms with Crippen molar-refractivity contribution in [3.05, 3.63) is 152 Å². The van der Waals surface area contributed by atoms with Crippen LogP contribution in [0.5, 0.6) is 0 Å². The molecule has 192 valence electrons. The zero-order valence-electron chi connectivity index (χ0n) is 21.8. The third kappa shape index (κ3) is 4.81. The van der Waals surface area contributed by atoms with Crippen LogP contribution < -0.4 is 15.5 Å². The summed E-state index contributed by atoms with van der Waals surface area (Å²) in [6.07, 6.45) is 0. The van der Waals surface area contributed by atoms with Crippen molar-refractivity contribution in [3.63, 3.8) is 0 Å². The van der Waals surface area contributed by atoms with Crippen molar-refractivity contribution < 1.29 is 0 Å². The molecule has 6 aromatic rings. The Bertz CT molecular complexity index is 1710. The second kappa shape index (κ2) is 10.7. The summed E-state index contributed by atoms with van der Waals surface area (Å²) in [5, 5.41) is 7.24. The van der Waals surface area contributed by atoms with Crippen LogP contribution in [0.1, 0.15) is 0 Å². The second-order valence-electron chi connectivity index (χ2n) is 9.66.